The van der Waals surface area contributed by atoms with Crippen LogP contribution in [0, 0.1) is 12.8 Å². The molecule has 33 heavy (non-hydrogen) atoms. The lowest BCUT2D eigenvalue weighted by atomic mass is 10.1. The largest absolute Gasteiger partial charge is 0.493 e. The van der Waals surface area contributed by atoms with E-state index in [0.29, 0.717) is 35.3 Å². The molecule has 1 N–H and O–H groups in total. The number of nitrogens with zero attached hydrogens (tertiary/aromatic N) is 2. The smallest absolute Gasteiger partial charge is 0.227 e. The Kier molecular flexibility index (Phi) is 6.85. The van der Waals surface area contributed by atoms with Crippen molar-refractivity contribution >= 4 is 40.4 Å². The maximum absolute atomic E-state index is 12.8. The van der Waals surface area contributed by atoms with Crippen molar-refractivity contribution in [2.45, 2.75) is 19.9 Å². The number of methoxy groups -OCH3 is 2. The van der Waals surface area contributed by atoms with Gasteiger partial charge in [-0.25, -0.2) is 4.98 Å². The molecular weight excluding hydrogens is 462 g/mol. The molecule has 0 spiro atoms. The molecule has 3 aromatic rings. The number of aryl methyl sites for hydroxylation is 1. The van der Waals surface area contributed by atoms with Gasteiger partial charge in [0.1, 0.15) is 5.01 Å². The van der Waals surface area contributed by atoms with Gasteiger partial charge in [-0.3, -0.25) is 9.59 Å². The zero-order chi connectivity index (χ0) is 23.5. The molecule has 4 rings (SSSR count). The van der Waals surface area contributed by atoms with Crippen LogP contribution in [0.5, 0.6) is 11.5 Å². The van der Waals surface area contributed by atoms with E-state index < -0.39 is 5.92 Å². The minimum Gasteiger partial charge on any atom is -0.493 e. The number of amides is 2. The fraction of sp³-hybridized carbons (Fsp3) is 0.292. The number of hydrogen-bond acceptors (Lipinski definition) is 6. The monoisotopic (exact) mass is 485 g/mol. The summed E-state index contributed by atoms with van der Waals surface area (Å²) in [5, 5.41) is 4.43. The summed E-state index contributed by atoms with van der Waals surface area (Å²) in [5.41, 5.74) is 2.55. The van der Waals surface area contributed by atoms with Crippen molar-refractivity contribution in [1.82, 2.24) is 10.3 Å². The van der Waals surface area contributed by atoms with E-state index in [1.165, 1.54) is 0 Å². The Labute approximate surface area is 201 Å². The van der Waals surface area contributed by atoms with E-state index in [1.807, 2.05) is 31.2 Å². The summed E-state index contributed by atoms with van der Waals surface area (Å²) < 4.78 is 10.6. The number of benzene rings is 2. The zero-order valence-electron chi connectivity index (χ0n) is 18.6. The highest BCUT2D eigenvalue weighted by molar-refractivity contribution is 7.12. The molecule has 9 heteroatoms. The lowest BCUT2D eigenvalue weighted by Gasteiger charge is -2.18. The predicted molar refractivity (Wildman–Crippen MR) is 129 cm³/mol. The first-order valence-corrected chi connectivity index (χ1v) is 11.6. The van der Waals surface area contributed by atoms with Gasteiger partial charge in [0, 0.05) is 40.2 Å². The molecule has 2 aromatic carbocycles. The Morgan fingerprint density at radius 3 is 2.61 bits per heavy atom. The number of nitrogens with one attached hydrogen (secondary N) is 1. The molecule has 0 aliphatic carbocycles. The van der Waals surface area contributed by atoms with Gasteiger partial charge in [-0.05, 0) is 31.2 Å². The Bertz CT molecular complexity index is 1180. The predicted octanol–water partition coefficient (Wildman–Crippen LogP) is 4.46. The number of rotatable bonds is 7. The van der Waals surface area contributed by atoms with Crippen LogP contribution >= 0.6 is 22.9 Å². The highest BCUT2D eigenvalue weighted by atomic mass is 35.5. The number of hydrogen-bond donors (Lipinski definition) is 1. The molecule has 0 radical (unpaired) electrons. The lowest BCUT2D eigenvalue weighted by molar-refractivity contribution is -0.126. The highest BCUT2D eigenvalue weighted by Gasteiger charge is 2.35. The van der Waals surface area contributed by atoms with Crippen molar-refractivity contribution < 1.29 is 19.1 Å². The average Bonchev–Trinajstić information content (AvgIpc) is 3.40. The molecule has 0 saturated carbocycles. The molecule has 1 atom stereocenters. The standard InChI is InChI=1S/C24H24ClN3O4S/c1-14-23(15-4-6-17(25)7-5-15)27-21(33-14)12-26-24(30)16-10-22(29)28(13-16)18-8-9-19(31-2)20(11-18)32-3/h4-9,11,16H,10,12-13H2,1-3H3,(H,26,30). The molecule has 7 nitrogen and oxygen atoms in total. The Balaban J connectivity index is 1.39. The number of anilines is 1. The van der Waals surface area contributed by atoms with Crippen molar-refractivity contribution in [3.63, 3.8) is 0 Å². The Morgan fingerprint density at radius 1 is 1.18 bits per heavy atom. The number of carbonyl (C=O) groups excluding carboxylic acids is 2. The van der Waals surface area contributed by atoms with Gasteiger partial charge in [0.25, 0.3) is 0 Å². The molecule has 1 aliphatic heterocycles. The Hall–Kier alpha value is -3.10. The summed E-state index contributed by atoms with van der Waals surface area (Å²) in [6.45, 7) is 2.63. The van der Waals surface area contributed by atoms with Gasteiger partial charge in [-0.2, -0.15) is 0 Å². The van der Waals surface area contributed by atoms with E-state index in [4.69, 9.17) is 21.1 Å². The normalized spacial score (nSPS) is 15.6. The van der Waals surface area contributed by atoms with Crippen LogP contribution in [0.3, 0.4) is 0 Å². The van der Waals surface area contributed by atoms with E-state index in [1.54, 1.807) is 48.7 Å². The van der Waals surface area contributed by atoms with E-state index in [2.05, 4.69) is 10.3 Å². The van der Waals surface area contributed by atoms with Crippen LogP contribution in [0.4, 0.5) is 5.69 Å². The second-order valence-corrected chi connectivity index (χ2v) is 9.41. The number of carbonyl (C=O) groups is 2. The zero-order valence-corrected chi connectivity index (χ0v) is 20.1. The van der Waals surface area contributed by atoms with Crippen LogP contribution < -0.4 is 19.7 Å². The molecule has 2 heterocycles. The summed E-state index contributed by atoms with van der Waals surface area (Å²) in [6.07, 6.45) is 0.160. The van der Waals surface area contributed by atoms with Crippen LogP contribution in [-0.4, -0.2) is 37.6 Å². The summed E-state index contributed by atoms with van der Waals surface area (Å²) in [7, 11) is 3.10. The minimum atomic E-state index is -0.428. The van der Waals surface area contributed by atoms with Crippen molar-refractivity contribution in [2.24, 2.45) is 5.92 Å². The molecule has 1 aromatic heterocycles. The van der Waals surface area contributed by atoms with Crippen LogP contribution in [0.1, 0.15) is 16.3 Å². The number of aromatic nitrogens is 1. The molecule has 1 saturated heterocycles. The van der Waals surface area contributed by atoms with Gasteiger partial charge in [0.15, 0.2) is 11.5 Å². The van der Waals surface area contributed by atoms with E-state index in [9.17, 15) is 9.59 Å². The minimum absolute atomic E-state index is 0.0995. The van der Waals surface area contributed by atoms with Crippen molar-refractivity contribution in [3.05, 3.63) is 57.4 Å². The molecule has 2 amide bonds. The number of ether oxygens (including phenoxy) is 2. The maximum atomic E-state index is 12.8. The van der Waals surface area contributed by atoms with Gasteiger partial charge in [0.2, 0.25) is 11.8 Å². The number of halogens is 1. The first-order valence-electron chi connectivity index (χ1n) is 10.4. The van der Waals surface area contributed by atoms with Crippen molar-refractivity contribution in [1.29, 1.82) is 0 Å². The van der Waals surface area contributed by atoms with Gasteiger partial charge < -0.3 is 19.7 Å². The third-order valence-corrected chi connectivity index (χ3v) is 6.77. The Morgan fingerprint density at radius 2 is 1.91 bits per heavy atom. The maximum Gasteiger partial charge on any atom is 0.227 e. The summed E-state index contributed by atoms with van der Waals surface area (Å²) in [6, 6.07) is 12.8. The summed E-state index contributed by atoms with van der Waals surface area (Å²) >= 11 is 7.52. The fourth-order valence-corrected chi connectivity index (χ4v) is 4.86. The number of thiazole rings is 1. The summed E-state index contributed by atoms with van der Waals surface area (Å²) in [5.74, 6) is 0.428. The summed E-state index contributed by atoms with van der Waals surface area (Å²) in [4.78, 5) is 32.7. The third-order valence-electron chi connectivity index (χ3n) is 5.55. The van der Waals surface area contributed by atoms with Gasteiger partial charge in [-0.1, -0.05) is 23.7 Å². The average molecular weight is 486 g/mol. The molecule has 1 fully saturated rings. The first-order chi connectivity index (χ1) is 15.9. The quantitative estimate of drug-likeness (QED) is 0.534. The van der Waals surface area contributed by atoms with Crippen molar-refractivity contribution in [3.8, 4) is 22.8 Å². The fourth-order valence-electron chi connectivity index (χ4n) is 3.84. The van der Waals surface area contributed by atoms with Crippen LogP contribution in [0.15, 0.2) is 42.5 Å². The van der Waals surface area contributed by atoms with E-state index in [0.717, 1.165) is 21.1 Å². The highest BCUT2D eigenvalue weighted by Crippen LogP contribution is 2.34. The molecule has 172 valence electrons. The lowest BCUT2D eigenvalue weighted by Crippen LogP contribution is -2.32. The molecular formula is C24H24ClN3O4S. The molecule has 1 aliphatic rings. The van der Waals surface area contributed by atoms with Gasteiger partial charge in [-0.15, -0.1) is 11.3 Å². The van der Waals surface area contributed by atoms with Crippen LogP contribution in [0.2, 0.25) is 5.02 Å². The van der Waals surface area contributed by atoms with Gasteiger partial charge in [0.05, 0.1) is 32.4 Å². The van der Waals surface area contributed by atoms with Crippen LogP contribution in [-0.2, 0) is 16.1 Å². The van der Waals surface area contributed by atoms with E-state index in [-0.39, 0.29) is 18.2 Å². The second-order valence-electron chi connectivity index (χ2n) is 7.68. The third kappa shape index (κ3) is 4.96. The van der Waals surface area contributed by atoms with E-state index >= 15 is 0 Å². The topological polar surface area (TPSA) is 80.8 Å². The molecule has 0 bridgehead atoms. The first kappa shape index (κ1) is 23.1. The van der Waals surface area contributed by atoms with Crippen molar-refractivity contribution in [2.75, 3.05) is 25.7 Å². The van der Waals surface area contributed by atoms with Crippen LogP contribution in [0.25, 0.3) is 11.3 Å². The molecule has 1 unspecified atom stereocenters. The SMILES string of the molecule is COc1ccc(N2CC(C(=O)NCc3nc(-c4ccc(Cl)cc4)c(C)s3)CC2=O)cc1OC. The van der Waals surface area contributed by atoms with Gasteiger partial charge >= 0.3 is 0 Å². The second kappa shape index (κ2) is 9.80.